The molecular weight excluding hydrogens is 288 g/mol. The molecule has 0 spiro atoms. The van der Waals surface area contributed by atoms with Crippen LogP contribution in [0.2, 0.25) is 0 Å². The highest BCUT2D eigenvalue weighted by molar-refractivity contribution is 5.89. The number of anilines is 1. The van der Waals surface area contributed by atoms with Crippen LogP contribution in [0.4, 0.5) is 5.82 Å². The summed E-state index contributed by atoms with van der Waals surface area (Å²) in [6, 6.07) is 8.21. The first-order valence-corrected chi connectivity index (χ1v) is 8.45. The molecule has 5 heteroatoms. The smallest absolute Gasteiger partial charge is 0.139 e. The van der Waals surface area contributed by atoms with Crippen LogP contribution in [0.3, 0.4) is 0 Å². The van der Waals surface area contributed by atoms with Crippen LogP contribution in [0.1, 0.15) is 18.7 Å². The van der Waals surface area contributed by atoms with Gasteiger partial charge in [0.15, 0.2) is 0 Å². The fraction of sp³-hybridized carbons (Fsp3) is 0.556. The molecule has 23 heavy (non-hydrogen) atoms. The number of para-hydroxylation sites is 1. The monoisotopic (exact) mass is 314 g/mol. The molecule has 1 aromatic carbocycles. The normalized spacial score (nSPS) is 19.2. The lowest BCUT2D eigenvalue weighted by molar-refractivity contribution is 0.142. The van der Waals surface area contributed by atoms with Crippen LogP contribution in [-0.2, 0) is 0 Å². The maximum Gasteiger partial charge on any atom is 0.139 e. The van der Waals surface area contributed by atoms with Crippen LogP contribution in [0.25, 0.3) is 10.9 Å². The Balaban J connectivity index is 1.77. The Labute approximate surface area is 138 Å². The summed E-state index contributed by atoms with van der Waals surface area (Å²) in [4.78, 5) is 13.8. The highest BCUT2D eigenvalue weighted by Gasteiger charge is 2.22. The van der Waals surface area contributed by atoms with Gasteiger partial charge in [0.1, 0.15) is 11.6 Å². The number of hydrogen-bond donors (Lipinski definition) is 1. The summed E-state index contributed by atoms with van der Waals surface area (Å²) in [7, 11) is 2.12. The highest BCUT2D eigenvalue weighted by atomic mass is 16.3. The summed E-state index contributed by atoms with van der Waals surface area (Å²) in [5.41, 5.74) is 1.01. The van der Waals surface area contributed by atoms with Crippen molar-refractivity contribution in [3.63, 3.8) is 0 Å². The van der Waals surface area contributed by atoms with Gasteiger partial charge < -0.3 is 14.9 Å². The summed E-state index contributed by atoms with van der Waals surface area (Å²) >= 11 is 0. The first kappa shape index (κ1) is 16.1. The van der Waals surface area contributed by atoms with Crippen LogP contribution in [0.15, 0.2) is 24.3 Å². The maximum absolute atomic E-state index is 9.14. The molecule has 0 aliphatic carbocycles. The fourth-order valence-electron chi connectivity index (χ4n) is 3.58. The zero-order chi connectivity index (χ0) is 16.2. The minimum atomic E-state index is 0.248. The predicted molar refractivity (Wildman–Crippen MR) is 93.8 cm³/mol. The van der Waals surface area contributed by atoms with Crippen LogP contribution < -0.4 is 4.90 Å². The third kappa shape index (κ3) is 3.79. The van der Waals surface area contributed by atoms with E-state index in [0.29, 0.717) is 5.92 Å². The summed E-state index contributed by atoms with van der Waals surface area (Å²) < 4.78 is 0. The number of aromatic nitrogens is 2. The van der Waals surface area contributed by atoms with Gasteiger partial charge in [0.05, 0.1) is 12.1 Å². The molecule has 1 aromatic heterocycles. The molecule has 1 atom stereocenters. The number of rotatable bonds is 5. The second-order valence-electron chi connectivity index (χ2n) is 6.52. The van der Waals surface area contributed by atoms with Gasteiger partial charge in [-0.25, -0.2) is 9.97 Å². The lowest BCUT2D eigenvalue weighted by Gasteiger charge is -2.34. The Morgan fingerprint density at radius 1 is 1.30 bits per heavy atom. The molecule has 1 unspecified atom stereocenters. The second kappa shape index (κ2) is 7.23. The average Bonchev–Trinajstić information content (AvgIpc) is 2.54. The first-order valence-electron chi connectivity index (χ1n) is 8.45. The minimum absolute atomic E-state index is 0.248. The van der Waals surface area contributed by atoms with Crippen LogP contribution >= 0.6 is 0 Å². The van der Waals surface area contributed by atoms with Gasteiger partial charge in [-0.3, -0.25) is 0 Å². The number of fused-ring (bicyclic) bond motifs is 1. The number of piperidine rings is 1. The highest BCUT2D eigenvalue weighted by Crippen LogP contribution is 2.25. The average molecular weight is 314 g/mol. The van der Waals surface area contributed by atoms with E-state index in [1.807, 2.05) is 25.1 Å². The third-order valence-corrected chi connectivity index (χ3v) is 4.61. The van der Waals surface area contributed by atoms with E-state index in [1.54, 1.807) is 0 Å². The molecule has 124 valence electrons. The first-order chi connectivity index (χ1) is 11.2. The van der Waals surface area contributed by atoms with Crippen molar-refractivity contribution in [2.24, 2.45) is 5.92 Å². The van der Waals surface area contributed by atoms with Gasteiger partial charge in [-0.2, -0.15) is 0 Å². The molecule has 1 N–H and O–H groups in total. The van der Waals surface area contributed by atoms with Gasteiger partial charge in [-0.15, -0.1) is 0 Å². The van der Waals surface area contributed by atoms with E-state index in [1.165, 1.54) is 12.8 Å². The van der Waals surface area contributed by atoms with Gasteiger partial charge in [0.25, 0.3) is 0 Å². The largest absolute Gasteiger partial charge is 0.395 e. The number of hydrogen-bond acceptors (Lipinski definition) is 5. The number of aryl methyl sites for hydroxylation is 1. The van der Waals surface area contributed by atoms with E-state index < -0.39 is 0 Å². The summed E-state index contributed by atoms with van der Waals surface area (Å²) in [6.45, 7) is 6.15. The summed E-state index contributed by atoms with van der Waals surface area (Å²) in [5.74, 6) is 2.46. The Morgan fingerprint density at radius 3 is 2.96 bits per heavy atom. The van der Waals surface area contributed by atoms with Gasteiger partial charge in [-0.05, 0) is 44.4 Å². The maximum atomic E-state index is 9.14. The molecule has 1 fully saturated rings. The molecule has 2 aromatic rings. The Morgan fingerprint density at radius 2 is 2.13 bits per heavy atom. The van der Waals surface area contributed by atoms with E-state index in [0.717, 1.165) is 48.7 Å². The molecule has 0 saturated carbocycles. The number of β-amino-alcohol motifs (C(OH)–C–C–N with tert-alkyl or cyclic N) is 1. The molecular formula is C18H26N4O. The molecule has 0 amide bonds. The Kier molecular flexibility index (Phi) is 5.08. The van der Waals surface area contributed by atoms with Crippen LogP contribution in [0.5, 0.6) is 0 Å². The molecule has 1 saturated heterocycles. The Bertz CT molecular complexity index is 659. The number of aliphatic hydroxyl groups is 1. The van der Waals surface area contributed by atoms with Crippen molar-refractivity contribution in [3.8, 4) is 0 Å². The van der Waals surface area contributed by atoms with E-state index in [4.69, 9.17) is 5.11 Å². The van der Waals surface area contributed by atoms with Crippen LogP contribution in [0, 0.1) is 12.8 Å². The lowest BCUT2D eigenvalue weighted by Crippen LogP contribution is -2.41. The van der Waals surface area contributed by atoms with Crippen LogP contribution in [-0.4, -0.2) is 59.8 Å². The van der Waals surface area contributed by atoms with Crippen molar-refractivity contribution in [2.75, 3.05) is 44.7 Å². The fourth-order valence-corrected chi connectivity index (χ4v) is 3.58. The molecule has 1 aliphatic heterocycles. The SMILES string of the molecule is Cc1nc(N(C)CC2CCCN(CCO)C2)c2ccccc2n1. The molecule has 0 bridgehead atoms. The van der Waals surface area contributed by atoms with Gasteiger partial charge >= 0.3 is 0 Å². The molecule has 2 heterocycles. The van der Waals surface area contributed by atoms with Crippen molar-refractivity contribution >= 4 is 16.7 Å². The molecule has 3 rings (SSSR count). The van der Waals surface area contributed by atoms with Crippen molar-refractivity contribution in [3.05, 3.63) is 30.1 Å². The van der Waals surface area contributed by atoms with E-state index in [9.17, 15) is 0 Å². The molecule has 5 nitrogen and oxygen atoms in total. The van der Waals surface area contributed by atoms with Gasteiger partial charge in [-0.1, -0.05) is 12.1 Å². The van der Waals surface area contributed by atoms with Crippen molar-refractivity contribution in [2.45, 2.75) is 19.8 Å². The van der Waals surface area contributed by atoms with E-state index >= 15 is 0 Å². The molecule has 1 aliphatic rings. The van der Waals surface area contributed by atoms with Gasteiger partial charge in [0.2, 0.25) is 0 Å². The number of benzene rings is 1. The summed E-state index contributed by atoms with van der Waals surface area (Å²) in [6.07, 6.45) is 2.45. The Hall–Kier alpha value is -1.72. The van der Waals surface area contributed by atoms with Crippen molar-refractivity contribution < 1.29 is 5.11 Å². The van der Waals surface area contributed by atoms with Crippen molar-refractivity contribution in [1.82, 2.24) is 14.9 Å². The van der Waals surface area contributed by atoms with E-state index in [-0.39, 0.29) is 6.61 Å². The number of likely N-dealkylation sites (tertiary alicyclic amines) is 1. The summed E-state index contributed by atoms with van der Waals surface area (Å²) in [5, 5.41) is 10.3. The zero-order valence-electron chi connectivity index (χ0n) is 14.1. The number of aliphatic hydroxyl groups excluding tert-OH is 1. The van der Waals surface area contributed by atoms with E-state index in [2.05, 4.69) is 32.9 Å². The third-order valence-electron chi connectivity index (χ3n) is 4.61. The minimum Gasteiger partial charge on any atom is -0.395 e. The zero-order valence-corrected chi connectivity index (χ0v) is 14.1. The van der Waals surface area contributed by atoms with Gasteiger partial charge in [0, 0.05) is 32.1 Å². The predicted octanol–water partition coefficient (Wildman–Crippen LogP) is 2.08. The molecule has 0 radical (unpaired) electrons. The second-order valence-corrected chi connectivity index (χ2v) is 6.52. The lowest BCUT2D eigenvalue weighted by atomic mass is 9.97. The van der Waals surface area contributed by atoms with Crippen molar-refractivity contribution in [1.29, 1.82) is 0 Å². The standard InChI is InChI=1S/C18H26N4O/c1-14-19-17-8-4-3-7-16(17)18(20-14)21(2)12-15-6-5-9-22(13-15)10-11-23/h3-4,7-8,15,23H,5-6,9-13H2,1-2H3. The number of nitrogens with zero attached hydrogens (tertiary/aromatic N) is 4. The topological polar surface area (TPSA) is 52.5 Å². The quantitative estimate of drug-likeness (QED) is 0.916.